The number of amides is 2. The molecule has 5 heteroatoms. The van der Waals surface area contributed by atoms with Crippen molar-refractivity contribution >= 4 is 12.0 Å². The molecule has 0 aliphatic carbocycles. The molecule has 0 bridgehead atoms. The zero-order valence-corrected chi connectivity index (χ0v) is 12.8. The molecule has 0 aliphatic rings. The smallest absolute Gasteiger partial charge is 0.326 e. The predicted octanol–water partition coefficient (Wildman–Crippen LogP) is 2.71. The molecule has 0 spiro atoms. The standard InChI is InChI=1S/C14H28N2O3/c1-6-12(13(17)18)16(5)14(19)15-11(4)9-7-8-10(2)3/h10-12H,6-9H2,1-5H3,(H,15,19)(H,17,18). The minimum Gasteiger partial charge on any atom is -0.480 e. The number of nitrogens with one attached hydrogen (secondary N) is 1. The van der Waals surface area contributed by atoms with Crippen LogP contribution in [-0.2, 0) is 4.79 Å². The summed E-state index contributed by atoms with van der Waals surface area (Å²) in [6.07, 6.45) is 3.53. The summed E-state index contributed by atoms with van der Waals surface area (Å²) in [5.74, 6) is -0.297. The van der Waals surface area contributed by atoms with Crippen LogP contribution in [0.5, 0.6) is 0 Å². The third-order valence-corrected chi connectivity index (χ3v) is 3.25. The summed E-state index contributed by atoms with van der Waals surface area (Å²) in [5, 5.41) is 11.9. The van der Waals surface area contributed by atoms with Crippen molar-refractivity contribution in [3.63, 3.8) is 0 Å². The van der Waals surface area contributed by atoms with E-state index in [-0.39, 0.29) is 12.1 Å². The van der Waals surface area contributed by atoms with Gasteiger partial charge in [-0.3, -0.25) is 0 Å². The van der Waals surface area contributed by atoms with Gasteiger partial charge in [0.25, 0.3) is 0 Å². The molecule has 2 unspecified atom stereocenters. The van der Waals surface area contributed by atoms with E-state index in [1.54, 1.807) is 6.92 Å². The Morgan fingerprint density at radius 1 is 1.21 bits per heavy atom. The number of aliphatic carboxylic acids is 1. The van der Waals surface area contributed by atoms with E-state index >= 15 is 0 Å². The second-order valence-electron chi connectivity index (χ2n) is 5.55. The van der Waals surface area contributed by atoms with E-state index in [1.165, 1.54) is 11.9 Å². The van der Waals surface area contributed by atoms with Gasteiger partial charge in [-0.1, -0.05) is 33.6 Å². The van der Waals surface area contributed by atoms with Crippen LogP contribution in [0.25, 0.3) is 0 Å². The molecule has 0 saturated carbocycles. The highest BCUT2D eigenvalue weighted by Gasteiger charge is 2.25. The van der Waals surface area contributed by atoms with Crippen LogP contribution in [0.4, 0.5) is 4.79 Å². The topological polar surface area (TPSA) is 69.6 Å². The van der Waals surface area contributed by atoms with E-state index in [2.05, 4.69) is 19.2 Å². The number of nitrogens with zero attached hydrogens (tertiary/aromatic N) is 1. The number of hydrogen-bond acceptors (Lipinski definition) is 2. The van der Waals surface area contributed by atoms with Gasteiger partial charge in [-0.05, 0) is 25.7 Å². The van der Waals surface area contributed by atoms with Crippen molar-refractivity contribution in [2.24, 2.45) is 5.92 Å². The monoisotopic (exact) mass is 272 g/mol. The first-order chi connectivity index (χ1) is 8.79. The van der Waals surface area contributed by atoms with Crippen molar-refractivity contribution < 1.29 is 14.7 Å². The minimum atomic E-state index is -0.965. The maximum Gasteiger partial charge on any atom is 0.326 e. The first kappa shape index (κ1) is 17.7. The number of carbonyl (C=O) groups excluding carboxylic acids is 1. The van der Waals surface area contributed by atoms with E-state index in [1.807, 2.05) is 6.92 Å². The van der Waals surface area contributed by atoms with Gasteiger partial charge in [-0.25, -0.2) is 9.59 Å². The molecule has 0 aliphatic heterocycles. The van der Waals surface area contributed by atoms with Gasteiger partial charge in [-0.2, -0.15) is 0 Å². The van der Waals surface area contributed by atoms with Gasteiger partial charge in [-0.15, -0.1) is 0 Å². The summed E-state index contributed by atoms with van der Waals surface area (Å²) in [5.41, 5.74) is 0. The third-order valence-electron chi connectivity index (χ3n) is 3.25. The van der Waals surface area contributed by atoms with Gasteiger partial charge < -0.3 is 15.3 Å². The van der Waals surface area contributed by atoms with Crippen LogP contribution >= 0.6 is 0 Å². The van der Waals surface area contributed by atoms with Crippen LogP contribution in [0.3, 0.4) is 0 Å². The molecule has 0 saturated heterocycles. The molecule has 19 heavy (non-hydrogen) atoms. The molecule has 5 nitrogen and oxygen atoms in total. The molecule has 0 aromatic carbocycles. The molecule has 2 N–H and O–H groups in total. The van der Waals surface area contributed by atoms with Crippen LogP contribution in [0.2, 0.25) is 0 Å². The number of urea groups is 1. The number of likely N-dealkylation sites (N-methyl/N-ethyl adjacent to an activating group) is 1. The van der Waals surface area contributed by atoms with Gasteiger partial charge >= 0.3 is 12.0 Å². The highest BCUT2D eigenvalue weighted by Crippen LogP contribution is 2.09. The number of carboxylic acid groups (broad SMARTS) is 1. The molecular formula is C14H28N2O3. The Labute approximate surface area is 116 Å². The maximum atomic E-state index is 11.9. The van der Waals surface area contributed by atoms with Gasteiger partial charge in [0.05, 0.1) is 0 Å². The van der Waals surface area contributed by atoms with E-state index in [0.29, 0.717) is 12.3 Å². The Morgan fingerprint density at radius 2 is 1.79 bits per heavy atom. The van der Waals surface area contributed by atoms with Crippen molar-refractivity contribution in [1.29, 1.82) is 0 Å². The normalized spacial score (nSPS) is 14.0. The second-order valence-corrected chi connectivity index (χ2v) is 5.55. The largest absolute Gasteiger partial charge is 0.480 e. The lowest BCUT2D eigenvalue weighted by Crippen LogP contribution is -2.49. The summed E-state index contributed by atoms with van der Waals surface area (Å²) >= 11 is 0. The van der Waals surface area contributed by atoms with Crippen LogP contribution in [0, 0.1) is 5.92 Å². The SMILES string of the molecule is CCC(C(=O)O)N(C)C(=O)NC(C)CCCC(C)C. The second kappa shape index (κ2) is 8.77. The highest BCUT2D eigenvalue weighted by atomic mass is 16.4. The molecule has 2 atom stereocenters. The van der Waals surface area contributed by atoms with E-state index in [9.17, 15) is 9.59 Å². The van der Waals surface area contributed by atoms with Crippen LogP contribution in [-0.4, -0.2) is 41.1 Å². The van der Waals surface area contributed by atoms with Gasteiger partial charge in [0.2, 0.25) is 0 Å². The Hall–Kier alpha value is -1.26. The summed E-state index contributed by atoms with van der Waals surface area (Å²) in [6.45, 7) is 8.06. The molecule has 0 fully saturated rings. The van der Waals surface area contributed by atoms with Crippen LogP contribution in [0.15, 0.2) is 0 Å². The highest BCUT2D eigenvalue weighted by molar-refractivity contribution is 5.82. The zero-order valence-electron chi connectivity index (χ0n) is 12.8. The summed E-state index contributed by atoms with van der Waals surface area (Å²) in [6, 6.07) is -1.01. The van der Waals surface area contributed by atoms with Crippen molar-refractivity contribution in [3.8, 4) is 0 Å². The van der Waals surface area contributed by atoms with Crippen molar-refractivity contribution in [1.82, 2.24) is 10.2 Å². The third kappa shape index (κ3) is 7.03. The molecule has 0 rings (SSSR count). The Balaban J connectivity index is 4.17. The lowest BCUT2D eigenvalue weighted by molar-refractivity contribution is -0.141. The lowest BCUT2D eigenvalue weighted by atomic mass is 10.0. The summed E-state index contributed by atoms with van der Waals surface area (Å²) in [4.78, 5) is 24.2. The van der Waals surface area contributed by atoms with Crippen LogP contribution < -0.4 is 5.32 Å². The molecule has 0 heterocycles. The molecule has 0 aromatic rings. The van der Waals surface area contributed by atoms with Crippen molar-refractivity contribution in [2.45, 2.75) is 65.5 Å². The summed E-state index contributed by atoms with van der Waals surface area (Å²) in [7, 11) is 1.53. The minimum absolute atomic E-state index is 0.0694. The van der Waals surface area contributed by atoms with E-state index in [4.69, 9.17) is 5.11 Å². The number of carbonyl (C=O) groups is 2. The first-order valence-corrected chi connectivity index (χ1v) is 7.05. The maximum absolute atomic E-state index is 11.9. The fourth-order valence-corrected chi connectivity index (χ4v) is 1.97. The average Bonchev–Trinajstić information content (AvgIpc) is 2.28. The van der Waals surface area contributed by atoms with E-state index in [0.717, 1.165) is 19.3 Å². The fraction of sp³-hybridized carbons (Fsp3) is 0.857. The van der Waals surface area contributed by atoms with E-state index < -0.39 is 12.0 Å². The lowest BCUT2D eigenvalue weighted by Gasteiger charge is -2.26. The van der Waals surface area contributed by atoms with Gasteiger partial charge in [0.15, 0.2) is 0 Å². The number of hydrogen-bond donors (Lipinski definition) is 2. The molecular weight excluding hydrogens is 244 g/mol. The summed E-state index contributed by atoms with van der Waals surface area (Å²) < 4.78 is 0. The van der Waals surface area contributed by atoms with Crippen LogP contribution in [0.1, 0.15) is 53.4 Å². The van der Waals surface area contributed by atoms with Gasteiger partial charge in [0.1, 0.15) is 6.04 Å². The predicted molar refractivity (Wildman–Crippen MR) is 76.2 cm³/mol. The Kier molecular flexibility index (Phi) is 8.19. The molecule has 0 aromatic heterocycles. The average molecular weight is 272 g/mol. The molecule has 2 amide bonds. The number of rotatable bonds is 8. The fourth-order valence-electron chi connectivity index (χ4n) is 1.97. The number of carboxylic acids is 1. The Morgan fingerprint density at radius 3 is 2.21 bits per heavy atom. The quantitative estimate of drug-likeness (QED) is 0.713. The zero-order chi connectivity index (χ0) is 15.0. The Bertz CT molecular complexity index is 292. The van der Waals surface area contributed by atoms with Gasteiger partial charge in [0, 0.05) is 13.1 Å². The van der Waals surface area contributed by atoms with Crippen molar-refractivity contribution in [2.75, 3.05) is 7.05 Å². The molecule has 112 valence electrons. The first-order valence-electron chi connectivity index (χ1n) is 7.05. The van der Waals surface area contributed by atoms with Crippen molar-refractivity contribution in [3.05, 3.63) is 0 Å². The molecule has 0 radical (unpaired) electrons.